The van der Waals surface area contributed by atoms with E-state index in [1.807, 2.05) is 0 Å². The van der Waals surface area contributed by atoms with Crippen LogP contribution in [0.4, 0.5) is 0 Å². The number of aldehydes is 1. The fraction of sp³-hybridized carbons (Fsp3) is 0.541. The molecule has 16 N–H and O–H groups in total. The third kappa shape index (κ3) is 19.3. The lowest BCUT2D eigenvalue weighted by Crippen LogP contribution is -2.60. The summed E-state index contributed by atoms with van der Waals surface area (Å²) in [5, 5.41) is 32.9. The number of hydrogen-bond acceptors (Lipinski definition) is 14. The Morgan fingerprint density at radius 3 is 1.87 bits per heavy atom. The summed E-state index contributed by atoms with van der Waals surface area (Å²) in [6.07, 6.45) is -1.45. The maximum Gasteiger partial charge on any atom is 0.245 e. The second-order valence-electron chi connectivity index (χ2n) is 14.1. The first-order valence-corrected chi connectivity index (χ1v) is 19.1. The number of nitrogens with two attached hydrogens (primary N) is 4. The van der Waals surface area contributed by atoms with E-state index in [0.717, 1.165) is 11.9 Å². The molecule has 0 aliphatic carbocycles. The Morgan fingerprint density at radius 1 is 0.738 bits per heavy atom. The molecule has 0 radical (unpaired) electrons. The van der Waals surface area contributed by atoms with Gasteiger partial charge in [-0.1, -0.05) is 32.4 Å². The van der Waals surface area contributed by atoms with Crippen LogP contribution in [0.2, 0.25) is 0 Å². The van der Waals surface area contributed by atoms with Crippen LogP contribution in [0.15, 0.2) is 24.3 Å². The van der Waals surface area contributed by atoms with Gasteiger partial charge >= 0.3 is 0 Å². The number of carbonyl (C=O) groups excluding carboxylic acids is 11. The molecule has 24 heteroatoms. The molecule has 1 aromatic carbocycles. The van der Waals surface area contributed by atoms with Crippen molar-refractivity contribution in [1.29, 1.82) is 0 Å². The molecule has 338 valence electrons. The van der Waals surface area contributed by atoms with Crippen LogP contribution >= 0.6 is 0 Å². The van der Waals surface area contributed by atoms with Crippen molar-refractivity contribution >= 4 is 65.4 Å². The summed E-state index contributed by atoms with van der Waals surface area (Å²) < 4.78 is 0. The number of amides is 10. The predicted molar refractivity (Wildman–Crippen MR) is 213 cm³/mol. The van der Waals surface area contributed by atoms with E-state index in [1.165, 1.54) is 12.1 Å². The van der Waals surface area contributed by atoms with Crippen LogP contribution in [0, 0.1) is 5.92 Å². The third-order valence-corrected chi connectivity index (χ3v) is 9.09. The molecule has 0 spiro atoms. The molecule has 0 saturated carbocycles. The number of nitrogens with one attached hydrogen (secondary N) is 6. The number of hydrogen-bond donors (Lipinski definition) is 12. The number of benzene rings is 1. The Balaban J connectivity index is 3.24. The number of aromatic hydroxyl groups is 1. The number of likely N-dealkylation sites (N-methyl/N-ethyl adjacent to an activating group) is 1. The Labute approximate surface area is 351 Å². The van der Waals surface area contributed by atoms with Gasteiger partial charge in [0, 0.05) is 19.9 Å². The van der Waals surface area contributed by atoms with Crippen molar-refractivity contribution in [2.75, 3.05) is 26.7 Å². The molecule has 0 aromatic heterocycles. The Bertz CT molecular complexity index is 1740. The Hall–Kier alpha value is -6.69. The highest BCUT2D eigenvalue weighted by Gasteiger charge is 2.35. The van der Waals surface area contributed by atoms with Crippen molar-refractivity contribution in [3.05, 3.63) is 29.8 Å². The van der Waals surface area contributed by atoms with Crippen LogP contribution in [-0.2, 0) is 59.2 Å². The van der Waals surface area contributed by atoms with Gasteiger partial charge in [-0.25, -0.2) is 0 Å². The van der Waals surface area contributed by atoms with Crippen molar-refractivity contribution < 1.29 is 63.0 Å². The topological polar surface area (TPSA) is 408 Å². The summed E-state index contributed by atoms with van der Waals surface area (Å²) in [6, 6.07) is -2.88. The molecule has 0 bridgehead atoms. The van der Waals surface area contributed by atoms with Gasteiger partial charge in [0.05, 0.1) is 32.2 Å². The maximum atomic E-state index is 13.7. The summed E-state index contributed by atoms with van der Waals surface area (Å²) in [6.45, 7) is 1.17. The molecule has 0 aliphatic heterocycles. The minimum Gasteiger partial charge on any atom is -0.508 e. The third-order valence-electron chi connectivity index (χ3n) is 9.09. The second-order valence-corrected chi connectivity index (χ2v) is 14.1. The summed E-state index contributed by atoms with van der Waals surface area (Å²) >= 11 is 0. The average Bonchev–Trinajstić information content (AvgIpc) is 3.20. The van der Waals surface area contributed by atoms with Crippen molar-refractivity contribution in [2.45, 2.75) is 95.0 Å². The van der Waals surface area contributed by atoms with Gasteiger partial charge in [-0.05, 0) is 42.9 Å². The molecular formula is C37H57N11O13. The van der Waals surface area contributed by atoms with Gasteiger partial charge < -0.3 is 74.7 Å². The SMILES string of the molecule is CC[C@H](C)[C@H](NC(=O)[C@@H](N)Cc1ccc(O)cc1)C(=O)N[C@@H](CCC(N)=O)C(=O)N[C@@H](CC(N)=O)C(=O)N[C@@H](CCC=O)C(=O)N(C)CC(=O)N[C@@H](CO)C(=O)NCC(N)=O. The molecule has 24 nitrogen and oxygen atoms in total. The van der Waals surface area contributed by atoms with Crippen molar-refractivity contribution in [2.24, 2.45) is 28.9 Å². The van der Waals surface area contributed by atoms with E-state index in [4.69, 9.17) is 22.9 Å². The van der Waals surface area contributed by atoms with Crippen LogP contribution in [0.25, 0.3) is 0 Å². The molecule has 0 aliphatic rings. The van der Waals surface area contributed by atoms with Crippen LogP contribution in [-0.4, -0.2) is 143 Å². The van der Waals surface area contributed by atoms with Crippen molar-refractivity contribution in [3.63, 3.8) is 0 Å². The monoisotopic (exact) mass is 863 g/mol. The number of aliphatic hydroxyl groups is 1. The van der Waals surface area contributed by atoms with E-state index in [9.17, 15) is 63.0 Å². The molecule has 10 amide bonds. The quantitative estimate of drug-likeness (QED) is 0.0349. The van der Waals surface area contributed by atoms with Gasteiger partial charge in [-0.15, -0.1) is 0 Å². The van der Waals surface area contributed by atoms with E-state index in [1.54, 1.807) is 26.0 Å². The standard InChI is InChI=1S/C37H57N11O13/c1-4-19(2)31(47-32(56)22(38)14-20-7-9-21(51)10-8-20)36(60)44-23(11-12-27(39)52)34(58)46-25(15-28(40)53)35(59)45-24(6-5-13-49)37(61)48(3)17-30(55)43-26(18-50)33(57)42-16-29(41)54/h7-10,13,19,22-26,31,50-51H,4-6,11-12,14-18,38H2,1-3H3,(H2,39,52)(H2,40,53)(H2,41,54)(H,42,57)(H,43,55)(H,44,60)(H,45,59)(H,46,58)(H,47,56)/t19-,22-,23-,24-,25-,26-,31-/m0/s1. The zero-order valence-corrected chi connectivity index (χ0v) is 34.1. The van der Waals surface area contributed by atoms with E-state index in [-0.39, 0.29) is 25.0 Å². The number of nitrogens with zero attached hydrogens (tertiary/aromatic N) is 1. The van der Waals surface area contributed by atoms with Crippen molar-refractivity contribution in [3.8, 4) is 5.75 Å². The highest BCUT2D eigenvalue weighted by molar-refractivity contribution is 5.98. The Morgan fingerprint density at radius 2 is 1.33 bits per heavy atom. The van der Waals surface area contributed by atoms with Gasteiger partial charge in [0.2, 0.25) is 59.1 Å². The minimum absolute atomic E-state index is 0.00757. The fourth-order valence-corrected chi connectivity index (χ4v) is 5.50. The number of primary amides is 3. The highest BCUT2D eigenvalue weighted by atomic mass is 16.3. The molecule has 7 atom stereocenters. The molecule has 0 unspecified atom stereocenters. The van der Waals surface area contributed by atoms with Gasteiger partial charge in [0.15, 0.2) is 0 Å². The molecular weight excluding hydrogens is 806 g/mol. The van der Waals surface area contributed by atoms with Crippen LogP contribution in [0.3, 0.4) is 0 Å². The van der Waals surface area contributed by atoms with Gasteiger partial charge in [0.1, 0.15) is 42.2 Å². The first-order valence-electron chi connectivity index (χ1n) is 19.1. The molecule has 1 rings (SSSR count). The van der Waals surface area contributed by atoms with Crippen LogP contribution < -0.4 is 54.8 Å². The normalized spacial score (nSPS) is 14.2. The summed E-state index contributed by atoms with van der Waals surface area (Å²) in [5.41, 5.74) is 22.4. The first kappa shape index (κ1) is 52.3. The van der Waals surface area contributed by atoms with Gasteiger partial charge in [-0.3, -0.25) is 47.9 Å². The first-order chi connectivity index (χ1) is 28.6. The maximum absolute atomic E-state index is 13.7. The lowest BCUT2D eigenvalue weighted by molar-refractivity contribution is -0.140. The number of phenolic OH excluding ortho intramolecular Hbond substituents is 1. The van der Waals surface area contributed by atoms with Crippen LogP contribution in [0.5, 0.6) is 5.75 Å². The lowest BCUT2D eigenvalue weighted by atomic mass is 9.96. The minimum atomic E-state index is -1.80. The van der Waals surface area contributed by atoms with E-state index in [0.29, 0.717) is 18.3 Å². The van der Waals surface area contributed by atoms with E-state index in [2.05, 4.69) is 31.9 Å². The van der Waals surface area contributed by atoms with E-state index >= 15 is 0 Å². The molecule has 1 aromatic rings. The smallest absolute Gasteiger partial charge is 0.245 e. The van der Waals surface area contributed by atoms with E-state index < -0.39 is 140 Å². The number of carbonyl (C=O) groups is 11. The predicted octanol–water partition coefficient (Wildman–Crippen LogP) is -6.10. The molecule has 61 heavy (non-hydrogen) atoms. The largest absolute Gasteiger partial charge is 0.508 e. The molecule has 0 saturated heterocycles. The van der Waals surface area contributed by atoms with Crippen LogP contribution in [0.1, 0.15) is 57.9 Å². The number of phenols is 1. The second kappa shape index (κ2) is 26.4. The number of aliphatic hydroxyl groups excluding tert-OH is 1. The summed E-state index contributed by atoms with van der Waals surface area (Å²) in [5.74, 6) is -10.1. The molecule has 0 fully saturated rings. The summed E-state index contributed by atoms with van der Waals surface area (Å²) in [7, 11) is 1.14. The van der Waals surface area contributed by atoms with Crippen molar-refractivity contribution in [1.82, 2.24) is 36.8 Å². The summed E-state index contributed by atoms with van der Waals surface area (Å²) in [4.78, 5) is 139. The fourth-order valence-electron chi connectivity index (χ4n) is 5.50. The average molecular weight is 864 g/mol. The van der Waals surface area contributed by atoms with Gasteiger partial charge in [-0.2, -0.15) is 0 Å². The zero-order chi connectivity index (χ0) is 46.4. The zero-order valence-electron chi connectivity index (χ0n) is 34.1. The Kier molecular flexibility index (Phi) is 22.7. The molecule has 0 heterocycles. The van der Waals surface area contributed by atoms with Gasteiger partial charge in [0.25, 0.3) is 0 Å². The number of rotatable bonds is 28. The lowest BCUT2D eigenvalue weighted by Gasteiger charge is -2.29. The highest BCUT2D eigenvalue weighted by Crippen LogP contribution is 2.13.